The highest BCUT2D eigenvalue weighted by atomic mass is 32.2. The van der Waals surface area contributed by atoms with E-state index in [0.29, 0.717) is 38.9 Å². The zero-order valence-corrected chi connectivity index (χ0v) is 50.4. The quantitative estimate of drug-likeness (QED) is 0.0277. The van der Waals surface area contributed by atoms with E-state index in [-0.39, 0.29) is 49.0 Å². The average molecular weight is 1240 g/mol. The predicted molar refractivity (Wildman–Crippen MR) is 342 cm³/mol. The number of aromatic hydroxyl groups is 1. The summed E-state index contributed by atoms with van der Waals surface area (Å²) in [6.07, 6.45) is 4.53. The van der Waals surface area contributed by atoms with Gasteiger partial charge in [-0.25, -0.2) is 0 Å². The first kappa shape index (κ1) is 65.9. The van der Waals surface area contributed by atoms with Gasteiger partial charge in [0.05, 0.1) is 13.2 Å². The SMILES string of the molecule is CSCC[C@H](NC(=O)CN)C(=O)N[C@@H](C)C(=O)N(C(C(=O)c1ccccc1)c1ccccc1)[C@@H](Cc1ccc(O)cc1)C(=O)N[C@H](Cc1c[nH]c2ccccc12)C(=O)N[C@@H](CO)C(=O)N[C@@H](Cc1c[nH]c2ccccc12)C(=O)N[C@H](Cc1ccccc1)C(N)=O. The number of rotatable bonds is 31. The fourth-order valence-corrected chi connectivity index (χ4v) is 11.1. The van der Waals surface area contributed by atoms with Crippen LogP contribution in [0.4, 0.5) is 0 Å². The van der Waals surface area contributed by atoms with Gasteiger partial charge in [-0.15, -0.1) is 0 Å². The second kappa shape index (κ2) is 31.7. The number of phenolic OH excluding ortho intramolecular Hbond substituents is 1. The Bertz CT molecular complexity index is 3790. The maximum absolute atomic E-state index is 16.0. The molecule has 8 rings (SSSR count). The second-order valence-corrected chi connectivity index (χ2v) is 22.6. The summed E-state index contributed by atoms with van der Waals surface area (Å²) in [5.74, 6) is -7.30. The molecule has 0 spiro atoms. The van der Waals surface area contributed by atoms with E-state index in [0.717, 1.165) is 15.8 Å². The van der Waals surface area contributed by atoms with Crippen LogP contribution < -0.4 is 43.4 Å². The van der Waals surface area contributed by atoms with Gasteiger partial charge in [-0.1, -0.05) is 140 Å². The zero-order valence-electron chi connectivity index (χ0n) is 49.6. The summed E-state index contributed by atoms with van der Waals surface area (Å²) in [5.41, 5.74) is 15.5. The maximum atomic E-state index is 16.0. The van der Waals surface area contributed by atoms with Crippen molar-refractivity contribution in [2.75, 3.05) is 25.2 Å². The van der Waals surface area contributed by atoms with Crippen LogP contribution in [-0.2, 0) is 64.0 Å². The van der Waals surface area contributed by atoms with Gasteiger partial charge < -0.3 is 68.4 Å². The van der Waals surface area contributed by atoms with E-state index in [2.05, 4.69) is 41.9 Å². The number of Topliss-reactive ketones (excluding diaryl/α,β-unsaturated/α-hetero) is 1. The van der Waals surface area contributed by atoms with Gasteiger partial charge in [0.25, 0.3) is 0 Å². The number of phenols is 1. The molecule has 8 amide bonds. The number of aliphatic hydroxyl groups excluding tert-OH is 1. The molecule has 0 saturated carbocycles. The Balaban J connectivity index is 1.18. The molecule has 8 aromatic rings. The normalized spacial score (nSPS) is 13.9. The van der Waals surface area contributed by atoms with Gasteiger partial charge >= 0.3 is 0 Å². The van der Waals surface area contributed by atoms with Crippen molar-refractivity contribution in [1.82, 2.24) is 46.8 Å². The number of thioether (sulfide) groups is 1. The number of aromatic amines is 2. The number of aliphatic hydroxyl groups is 1. The van der Waals surface area contributed by atoms with Gasteiger partial charge in [-0.3, -0.25) is 43.2 Å². The minimum Gasteiger partial charge on any atom is -0.508 e. The number of carbonyl (C=O) groups excluding carboxylic acids is 9. The molecule has 14 N–H and O–H groups in total. The number of hydrogen-bond acceptors (Lipinski definition) is 13. The van der Waals surface area contributed by atoms with Gasteiger partial charge in [-0.05, 0) is 77.4 Å². The van der Waals surface area contributed by atoms with Crippen molar-refractivity contribution in [3.05, 3.63) is 210 Å². The predicted octanol–water partition coefficient (Wildman–Crippen LogP) is 3.56. The first-order valence-corrected chi connectivity index (χ1v) is 30.6. The monoisotopic (exact) mass is 1240 g/mol. The molecule has 0 radical (unpaired) electrons. The Hall–Kier alpha value is -10.1. The number of para-hydroxylation sites is 2. The molecule has 0 fully saturated rings. The van der Waals surface area contributed by atoms with E-state index in [4.69, 9.17) is 11.5 Å². The van der Waals surface area contributed by atoms with Crippen LogP contribution in [0, 0.1) is 0 Å². The third-order valence-electron chi connectivity index (χ3n) is 15.4. The Labute approximate surface area is 523 Å². The Morgan fingerprint density at radius 2 is 1.01 bits per heavy atom. The number of hydrogen-bond donors (Lipinski definition) is 12. The van der Waals surface area contributed by atoms with E-state index >= 15 is 19.2 Å². The van der Waals surface area contributed by atoms with Crippen molar-refractivity contribution in [3.8, 4) is 5.75 Å². The highest BCUT2D eigenvalue weighted by Crippen LogP contribution is 2.31. The van der Waals surface area contributed by atoms with Gasteiger partial charge in [0.1, 0.15) is 54.1 Å². The maximum Gasteiger partial charge on any atom is 0.246 e. The summed E-state index contributed by atoms with van der Waals surface area (Å²) in [7, 11) is 0. The van der Waals surface area contributed by atoms with Crippen LogP contribution in [0.2, 0.25) is 0 Å². The number of H-pyrrole nitrogens is 2. The molecular formula is C67H73N11O11S. The Morgan fingerprint density at radius 3 is 1.56 bits per heavy atom. The first-order valence-electron chi connectivity index (χ1n) is 29.2. The molecule has 0 aliphatic carbocycles. The lowest BCUT2D eigenvalue weighted by Gasteiger charge is -2.39. The molecule has 0 aliphatic rings. The third kappa shape index (κ3) is 17.1. The number of nitrogens with one attached hydrogen (secondary N) is 8. The highest BCUT2D eigenvalue weighted by molar-refractivity contribution is 7.98. The largest absolute Gasteiger partial charge is 0.508 e. The van der Waals surface area contributed by atoms with Crippen molar-refractivity contribution in [3.63, 3.8) is 0 Å². The van der Waals surface area contributed by atoms with E-state index in [1.807, 2.05) is 24.5 Å². The number of primary amides is 1. The molecule has 90 heavy (non-hydrogen) atoms. The summed E-state index contributed by atoms with van der Waals surface area (Å²) in [4.78, 5) is 139. The van der Waals surface area contributed by atoms with E-state index in [9.17, 15) is 34.2 Å². The van der Waals surface area contributed by atoms with Gasteiger partial charge in [0.2, 0.25) is 47.3 Å². The van der Waals surface area contributed by atoms with E-state index < -0.39 is 115 Å². The Morgan fingerprint density at radius 1 is 0.533 bits per heavy atom. The van der Waals surface area contributed by atoms with E-state index in [1.165, 1.54) is 43.0 Å². The van der Waals surface area contributed by atoms with Crippen LogP contribution in [-0.4, -0.2) is 146 Å². The smallest absolute Gasteiger partial charge is 0.246 e. The van der Waals surface area contributed by atoms with Crippen LogP contribution in [0.5, 0.6) is 5.75 Å². The lowest BCUT2D eigenvalue weighted by molar-refractivity contribution is -0.146. The van der Waals surface area contributed by atoms with Gasteiger partial charge in [0.15, 0.2) is 5.78 Å². The number of nitrogens with zero attached hydrogens (tertiary/aromatic N) is 1. The number of aromatic nitrogens is 2. The standard InChI is InChI=1S/C67H73N11O11S/c1-40(72-62(84)52(30-31-90-2)73-58(81)36-68)67(89)78(59(43-18-8-4-9-19-43)60(82)44-20-10-5-11-21-44)57(33-42-26-28-47(80)29-27-42)66(88)76-55(35-46-38-71-51-25-15-13-23-49(46)51)64(86)77-56(39-79)65(87)75-54(34-45-37-70-50-24-14-12-22-48(45)50)63(85)74-53(61(69)83)32-41-16-6-3-7-17-41/h3-29,37-38,40,52-57,59,70-71,79-80H,30-36,39,68H2,1-2H3,(H2,69,83)(H,72,84)(H,73,81)(H,74,85)(H,75,87)(H,76,88)(H,77,86)/t40-,52-,53+,54-,55+,56-,57-,59?/m0/s1. The molecule has 23 heteroatoms. The average Bonchev–Trinajstić information content (AvgIpc) is 0.959. The molecule has 6 aromatic carbocycles. The number of nitrogens with two attached hydrogens (primary N) is 2. The molecule has 2 aromatic heterocycles. The zero-order chi connectivity index (χ0) is 64.3. The molecular weight excluding hydrogens is 1170 g/mol. The van der Waals surface area contributed by atoms with Gasteiger partial charge in [0, 0.05) is 65.4 Å². The molecule has 468 valence electrons. The summed E-state index contributed by atoms with van der Waals surface area (Å²) < 4.78 is 0. The number of benzene rings is 6. The van der Waals surface area contributed by atoms with Crippen molar-refractivity contribution < 1.29 is 53.4 Å². The highest BCUT2D eigenvalue weighted by Gasteiger charge is 2.44. The van der Waals surface area contributed by atoms with Crippen LogP contribution >= 0.6 is 11.8 Å². The number of fused-ring (bicyclic) bond motifs is 2. The van der Waals surface area contributed by atoms with Crippen molar-refractivity contribution in [2.45, 2.75) is 87.4 Å². The lowest BCUT2D eigenvalue weighted by Crippen LogP contribution is -2.62. The molecule has 2 heterocycles. The van der Waals surface area contributed by atoms with Crippen LogP contribution in [0.25, 0.3) is 21.8 Å². The van der Waals surface area contributed by atoms with Crippen LogP contribution in [0.3, 0.4) is 0 Å². The molecule has 0 saturated heterocycles. The minimum absolute atomic E-state index is 0.0253. The molecule has 0 bridgehead atoms. The fraction of sp³-hybridized carbons (Fsp3) is 0.269. The summed E-state index contributed by atoms with van der Waals surface area (Å²) in [6.45, 7) is -0.0695. The van der Waals surface area contributed by atoms with E-state index in [1.54, 1.807) is 134 Å². The van der Waals surface area contributed by atoms with Gasteiger partial charge in [-0.2, -0.15) is 11.8 Å². The molecule has 0 aliphatic heterocycles. The number of carbonyl (C=O) groups is 9. The number of ketones is 1. The molecule has 22 nitrogen and oxygen atoms in total. The third-order valence-corrected chi connectivity index (χ3v) is 16.0. The molecule has 8 atom stereocenters. The Kier molecular flexibility index (Phi) is 23.2. The fourth-order valence-electron chi connectivity index (χ4n) is 10.6. The second-order valence-electron chi connectivity index (χ2n) is 21.7. The van der Waals surface area contributed by atoms with Crippen LogP contribution in [0.15, 0.2) is 176 Å². The molecule has 1 unspecified atom stereocenters. The van der Waals surface area contributed by atoms with Crippen molar-refractivity contribution in [2.24, 2.45) is 11.5 Å². The lowest BCUT2D eigenvalue weighted by atomic mass is 9.91. The summed E-state index contributed by atoms with van der Waals surface area (Å²) in [6, 6.07) is 33.3. The van der Waals surface area contributed by atoms with Crippen molar-refractivity contribution in [1.29, 1.82) is 0 Å². The number of amides is 8. The van der Waals surface area contributed by atoms with Crippen LogP contribution in [0.1, 0.15) is 57.6 Å². The summed E-state index contributed by atoms with van der Waals surface area (Å²) >= 11 is 1.42. The first-order chi connectivity index (χ1) is 43.5. The summed E-state index contributed by atoms with van der Waals surface area (Å²) in [5, 5.41) is 39.0. The minimum atomic E-state index is -1.79. The topological polar surface area (TPSA) is 353 Å². The van der Waals surface area contributed by atoms with Crippen molar-refractivity contribution >= 4 is 86.6 Å².